The number of nitriles is 1. The van der Waals surface area contributed by atoms with Crippen LogP contribution < -0.4 is 10.5 Å². The summed E-state index contributed by atoms with van der Waals surface area (Å²) in [5, 5.41) is 14.4. The lowest BCUT2D eigenvalue weighted by Crippen LogP contribution is -2.06. The Morgan fingerprint density at radius 1 is 1.12 bits per heavy atom. The number of nitrogens with zero attached hydrogens (tertiary/aromatic N) is 3. The first kappa shape index (κ1) is 17.8. The van der Waals surface area contributed by atoms with Crippen LogP contribution in [0.2, 0.25) is 5.02 Å². The molecule has 1 heterocycles. The number of aromatic nitrogens is 2. The average Bonchev–Trinajstić information content (AvgIpc) is 2.93. The zero-order chi connectivity index (χ0) is 18.7. The third-order valence-corrected chi connectivity index (χ3v) is 4.52. The van der Waals surface area contributed by atoms with Crippen LogP contribution in [0.15, 0.2) is 42.5 Å². The van der Waals surface area contributed by atoms with Crippen LogP contribution in [-0.2, 0) is 13.2 Å². The molecule has 26 heavy (non-hydrogen) atoms. The molecule has 0 aliphatic carbocycles. The summed E-state index contributed by atoms with van der Waals surface area (Å²) in [6.07, 6.45) is 0. The molecule has 5 nitrogen and oxygen atoms in total. The third-order valence-electron chi connectivity index (χ3n) is 4.26. The van der Waals surface area contributed by atoms with Crippen molar-refractivity contribution in [3.63, 3.8) is 0 Å². The maximum atomic E-state index is 9.41. The molecule has 0 aliphatic rings. The lowest BCUT2D eigenvalue weighted by molar-refractivity contribution is 0.289. The summed E-state index contributed by atoms with van der Waals surface area (Å²) in [5.41, 5.74) is 10.7. The van der Waals surface area contributed by atoms with Crippen LogP contribution in [0.1, 0.15) is 27.8 Å². The fourth-order valence-corrected chi connectivity index (χ4v) is 2.71. The average molecular weight is 367 g/mol. The Hall–Kier alpha value is -2.97. The maximum absolute atomic E-state index is 9.41. The van der Waals surface area contributed by atoms with Crippen LogP contribution in [0.4, 0.5) is 5.82 Å². The number of anilines is 1. The van der Waals surface area contributed by atoms with Crippen LogP contribution in [-0.4, -0.2) is 9.78 Å². The Labute approximate surface area is 157 Å². The van der Waals surface area contributed by atoms with Gasteiger partial charge in [0.25, 0.3) is 5.88 Å². The third kappa shape index (κ3) is 3.81. The van der Waals surface area contributed by atoms with E-state index >= 15 is 0 Å². The van der Waals surface area contributed by atoms with Gasteiger partial charge in [0.2, 0.25) is 0 Å². The topological polar surface area (TPSA) is 76.9 Å². The Morgan fingerprint density at radius 3 is 2.46 bits per heavy atom. The number of benzene rings is 2. The normalized spacial score (nSPS) is 10.5. The van der Waals surface area contributed by atoms with Crippen molar-refractivity contribution in [2.45, 2.75) is 27.0 Å². The largest absolute Gasteiger partial charge is 0.471 e. The second-order valence-corrected chi connectivity index (χ2v) is 6.61. The molecule has 0 spiro atoms. The van der Waals surface area contributed by atoms with Gasteiger partial charge in [0, 0.05) is 5.02 Å². The highest BCUT2D eigenvalue weighted by Gasteiger charge is 2.17. The van der Waals surface area contributed by atoms with E-state index in [-0.39, 0.29) is 17.3 Å². The van der Waals surface area contributed by atoms with Gasteiger partial charge in [-0.3, -0.25) is 0 Å². The van der Waals surface area contributed by atoms with Crippen molar-refractivity contribution >= 4 is 17.4 Å². The Kier molecular flexibility index (Phi) is 5.15. The van der Waals surface area contributed by atoms with E-state index in [2.05, 4.69) is 31.1 Å². The van der Waals surface area contributed by atoms with E-state index < -0.39 is 0 Å². The van der Waals surface area contributed by atoms with Crippen molar-refractivity contribution in [3.8, 4) is 11.9 Å². The van der Waals surface area contributed by atoms with Crippen molar-refractivity contribution < 1.29 is 4.74 Å². The number of hydrogen-bond donors (Lipinski definition) is 1. The fraction of sp³-hybridized carbons (Fsp3) is 0.200. The SMILES string of the molecule is Cc1ccc(COc2nn(Cc3ccc(Cl)cc3)c(N)c2C#N)cc1C. The van der Waals surface area contributed by atoms with Gasteiger partial charge in [-0.1, -0.05) is 41.9 Å². The molecule has 0 saturated heterocycles. The quantitative estimate of drug-likeness (QED) is 0.732. The predicted octanol–water partition coefficient (Wildman–Crippen LogP) is 4.23. The highest BCUT2D eigenvalue weighted by atomic mass is 35.5. The van der Waals surface area contributed by atoms with Crippen molar-refractivity contribution in [1.82, 2.24) is 9.78 Å². The number of nitrogens with two attached hydrogens (primary N) is 1. The first-order valence-electron chi connectivity index (χ1n) is 8.17. The molecule has 2 aromatic carbocycles. The number of aryl methyl sites for hydroxylation is 2. The number of hydrogen-bond acceptors (Lipinski definition) is 4. The van der Waals surface area contributed by atoms with Gasteiger partial charge in [0.1, 0.15) is 18.5 Å². The molecule has 0 aliphatic heterocycles. The van der Waals surface area contributed by atoms with Gasteiger partial charge in [-0.15, -0.1) is 5.10 Å². The second kappa shape index (κ2) is 7.51. The molecule has 0 fully saturated rings. The van der Waals surface area contributed by atoms with Crippen molar-refractivity contribution in [1.29, 1.82) is 5.26 Å². The van der Waals surface area contributed by atoms with Gasteiger partial charge in [0.05, 0.1) is 6.54 Å². The lowest BCUT2D eigenvalue weighted by atomic mass is 10.1. The van der Waals surface area contributed by atoms with E-state index in [1.165, 1.54) is 11.1 Å². The molecule has 0 saturated carbocycles. The van der Waals surface area contributed by atoms with Gasteiger partial charge in [-0.2, -0.15) is 5.26 Å². The Balaban J connectivity index is 1.80. The molecule has 1 aromatic heterocycles. The van der Waals surface area contributed by atoms with Gasteiger partial charge in [-0.05, 0) is 48.2 Å². The summed E-state index contributed by atoms with van der Waals surface area (Å²) in [5.74, 6) is 0.537. The molecule has 3 rings (SSSR count). The van der Waals surface area contributed by atoms with E-state index in [0.717, 1.165) is 11.1 Å². The second-order valence-electron chi connectivity index (χ2n) is 6.17. The number of halogens is 1. The Bertz CT molecular complexity index is 971. The summed E-state index contributed by atoms with van der Waals surface area (Å²) < 4.78 is 7.34. The molecule has 0 bridgehead atoms. The monoisotopic (exact) mass is 366 g/mol. The first-order chi connectivity index (χ1) is 12.5. The van der Waals surface area contributed by atoms with E-state index in [4.69, 9.17) is 22.1 Å². The summed E-state index contributed by atoms with van der Waals surface area (Å²) in [6.45, 7) is 4.88. The van der Waals surface area contributed by atoms with Crippen molar-refractivity contribution in [2.75, 3.05) is 5.73 Å². The van der Waals surface area contributed by atoms with Crippen LogP contribution in [0.25, 0.3) is 0 Å². The summed E-state index contributed by atoms with van der Waals surface area (Å²) in [7, 11) is 0. The van der Waals surface area contributed by atoms with Gasteiger partial charge in [-0.25, -0.2) is 4.68 Å². The smallest absolute Gasteiger partial charge is 0.253 e. The highest BCUT2D eigenvalue weighted by Crippen LogP contribution is 2.25. The fourth-order valence-electron chi connectivity index (χ4n) is 2.59. The highest BCUT2D eigenvalue weighted by molar-refractivity contribution is 6.30. The molecule has 6 heteroatoms. The van der Waals surface area contributed by atoms with Crippen LogP contribution >= 0.6 is 11.6 Å². The summed E-state index contributed by atoms with van der Waals surface area (Å²) in [6, 6.07) is 15.6. The molecule has 2 N–H and O–H groups in total. The van der Waals surface area contributed by atoms with Crippen LogP contribution in [0, 0.1) is 25.2 Å². The van der Waals surface area contributed by atoms with Crippen LogP contribution in [0.5, 0.6) is 5.88 Å². The molecule has 132 valence electrons. The number of nitrogen functional groups attached to an aromatic ring is 1. The van der Waals surface area contributed by atoms with E-state index in [9.17, 15) is 5.26 Å². The minimum absolute atomic E-state index is 0.247. The number of rotatable bonds is 5. The van der Waals surface area contributed by atoms with Gasteiger partial charge in [0.15, 0.2) is 5.56 Å². The first-order valence-corrected chi connectivity index (χ1v) is 8.55. The molecule has 0 amide bonds. The molecular weight excluding hydrogens is 348 g/mol. The zero-order valence-electron chi connectivity index (χ0n) is 14.7. The maximum Gasteiger partial charge on any atom is 0.253 e. The van der Waals surface area contributed by atoms with E-state index in [1.807, 2.05) is 24.3 Å². The van der Waals surface area contributed by atoms with E-state index in [1.54, 1.807) is 16.8 Å². The lowest BCUT2D eigenvalue weighted by Gasteiger charge is -2.06. The zero-order valence-corrected chi connectivity index (χ0v) is 15.4. The molecular formula is C20H19ClN4O. The summed E-state index contributed by atoms with van der Waals surface area (Å²) in [4.78, 5) is 0. The Morgan fingerprint density at radius 2 is 1.81 bits per heavy atom. The van der Waals surface area contributed by atoms with Gasteiger partial charge >= 0.3 is 0 Å². The standard InChI is InChI=1S/C20H19ClN4O/c1-13-3-4-16(9-14(13)2)12-26-20-18(10-22)19(23)25(24-20)11-15-5-7-17(21)8-6-15/h3-9H,11-12,23H2,1-2H3. The number of ether oxygens (including phenoxy) is 1. The van der Waals surface area contributed by atoms with E-state index in [0.29, 0.717) is 18.2 Å². The predicted molar refractivity (Wildman–Crippen MR) is 102 cm³/mol. The molecule has 0 unspecified atom stereocenters. The minimum atomic E-state index is 0.247. The molecule has 0 atom stereocenters. The van der Waals surface area contributed by atoms with Gasteiger partial charge < -0.3 is 10.5 Å². The van der Waals surface area contributed by atoms with Crippen molar-refractivity contribution in [3.05, 3.63) is 75.3 Å². The summed E-state index contributed by atoms with van der Waals surface area (Å²) >= 11 is 5.91. The molecule has 0 radical (unpaired) electrons. The molecule has 3 aromatic rings. The van der Waals surface area contributed by atoms with Crippen molar-refractivity contribution in [2.24, 2.45) is 0 Å². The van der Waals surface area contributed by atoms with Crippen LogP contribution in [0.3, 0.4) is 0 Å². The minimum Gasteiger partial charge on any atom is -0.471 e.